The topological polar surface area (TPSA) is 75.3 Å². The van der Waals surface area contributed by atoms with E-state index >= 15 is 0 Å². The third-order valence-corrected chi connectivity index (χ3v) is 4.74. The van der Waals surface area contributed by atoms with E-state index in [-0.39, 0.29) is 5.69 Å². The van der Waals surface area contributed by atoms with Gasteiger partial charge in [0.05, 0.1) is 17.4 Å². The fourth-order valence-electron chi connectivity index (χ4n) is 3.31. The Morgan fingerprint density at radius 1 is 1.00 bits per heavy atom. The Labute approximate surface area is 168 Å². The maximum absolute atomic E-state index is 13.1. The number of para-hydroxylation sites is 1. The van der Waals surface area contributed by atoms with Gasteiger partial charge in [-0.3, -0.25) is 9.78 Å². The number of nitrogens with zero attached hydrogens (tertiary/aromatic N) is 2. The van der Waals surface area contributed by atoms with E-state index in [9.17, 15) is 28.2 Å². The minimum Gasteiger partial charge on any atom is -0.503 e. The average molecular weight is 412 g/mol. The van der Waals surface area contributed by atoms with Crippen LogP contribution in [0.4, 0.5) is 13.2 Å². The Bertz CT molecular complexity index is 1290. The first-order valence-electron chi connectivity index (χ1n) is 8.90. The van der Waals surface area contributed by atoms with Gasteiger partial charge in [0.1, 0.15) is 0 Å². The van der Waals surface area contributed by atoms with Crippen LogP contribution in [0.15, 0.2) is 77.9 Å². The summed E-state index contributed by atoms with van der Waals surface area (Å²) in [6.45, 7) is 0. The van der Waals surface area contributed by atoms with Crippen LogP contribution < -0.4 is 5.43 Å². The normalized spacial score (nSPS) is 12.8. The Kier molecular flexibility index (Phi) is 4.79. The molecule has 0 fully saturated rings. The lowest BCUT2D eigenvalue weighted by molar-refractivity contribution is -0.208. The predicted molar refractivity (Wildman–Crippen MR) is 105 cm³/mol. The molecule has 2 aromatic carbocycles. The summed E-state index contributed by atoms with van der Waals surface area (Å²) in [5.74, 6) is -0.729. The summed E-state index contributed by atoms with van der Waals surface area (Å²) in [6.07, 6.45) is -5.37. The Morgan fingerprint density at radius 2 is 1.77 bits per heavy atom. The zero-order chi connectivity index (χ0) is 21.5. The molecule has 8 heteroatoms. The molecule has 0 radical (unpaired) electrons. The zero-order valence-corrected chi connectivity index (χ0v) is 15.3. The Balaban J connectivity index is 1.91. The van der Waals surface area contributed by atoms with Crippen LogP contribution in [0.2, 0.25) is 0 Å². The molecule has 30 heavy (non-hydrogen) atoms. The van der Waals surface area contributed by atoms with E-state index < -0.39 is 29.2 Å². The van der Waals surface area contributed by atoms with Crippen molar-refractivity contribution in [3.05, 3.63) is 89.0 Å². The number of benzene rings is 2. The van der Waals surface area contributed by atoms with Gasteiger partial charge in [0.25, 0.3) is 0 Å². The number of rotatable bonds is 3. The first-order valence-corrected chi connectivity index (χ1v) is 8.90. The van der Waals surface area contributed by atoms with Gasteiger partial charge in [-0.25, -0.2) is 0 Å². The molecule has 152 valence electrons. The second kappa shape index (κ2) is 7.31. The number of aromatic nitrogens is 2. The van der Waals surface area contributed by atoms with Crippen LogP contribution in [0.3, 0.4) is 0 Å². The Hall–Kier alpha value is -3.65. The van der Waals surface area contributed by atoms with E-state index in [2.05, 4.69) is 4.98 Å². The first kappa shape index (κ1) is 19.7. The quantitative estimate of drug-likeness (QED) is 0.525. The summed E-state index contributed by atoms with van der Waals surface area (Å²) in [4.78, 5) is 16.0. The van der Waals surface area contributed by atoms with Crippen molar-refractivity contribution in [2.75, 3.05) is 0 Å². The van der Waals surface area contributed by atoms with Crippen molar-refractivity contribution < 1.29 is 23.4 Å². The fraction of sp³-hybridized carbons (Fsp3) is 0.0909. The van der Waals surface area contributed by atoms with Crippen LogP contribution in [-0.2, 0) is 0 Å². The second-order valence-electron chi connectivity index (χ2n) is 6.69. The molecule has 0 spiro atoms. The summed E-state index contributed by atoms with van der Waals surface area (Å²) in [5, 5.41) is 20.4. The molecule has 0 saturated heterocycles. The predicted octanol–water partition coefficient (Wildman–Crippen LogP) is 4.35. The van der Waals surface area contributed by atoms with Gasteiger partial charge in [-0.15, -0.1) is 0 Å². The van der Waals surface area contributed by atoms with Crippen LogP contribution in [0, 0.1) is 0 Å². The molecule has 2 aromatic heterocycles. The molecule has 1 unspecified atom stereocenters. The fourth-order valence-corrected chi connectivity index (χ4v) is 3.31. The third kappa shape index (κ3) is 3.53. The molecule has 2 N–H and O–H groups in total. The number of alkyl halides is 3. The maximum atomic E-state index is 13.1. The standard InChI is InChI=1S/C22H15F3N2O3/c23-22(24,25)21(30)18-11-19(28)20(29)12-27(18)14-5-3-4-13(10-14)15-8-9-26-17-7-2-1-6-16(15)17/h1-12,21,29-30H. The SMILES string of the molecule is O=c1cc(C(O)C(F)(F)F)n(-c2cccc(-c3ccnc4ccccc34)c2)cc1O. The monoisotopic (exact) mass is 412 g/mol. The molecule has 4 rings (SSSR count). The van der Waals surface area contributed by atoms with Gasteiger partial charge in [0.15, 0.2) is 11.9 Å². The number of halogens is 3. The number of aromatic hydroxyl groups is 1. The summed E-state index contributed by atoms with van der Waals surface area (Å²) in [6, 6.07) is 16.4. The van der Waals surface area contributed by atoms with Gasteiger partial charge < -0.3 is 14.8 Å². The van der Waals surface area contributed by atoms with Gasteiger partial charge in [0.2, 0.25) is 5.43 Å². The number of aliphatic hydroxyl groups is 1. The molecule has 2 heterocycles. The molecule has 0 aliphatic rings. The first-order chi connectivity index (χ1) is 14.3. The minimum atomic E-state index is -4.98. The molecule has 1 atom stereocenters. The molecule has 5 nitrogen and oxygen atoms in total. The molecule has 0 aliphatic carbocycles. The molecule has 0 bridgehead atoms. The number of fused-ring (bicyclic) bond motifs is 1. The van der Waals surface area contributed by atoms with E-state index in [4.69, 9.17) is 0 Å². The number of hydrogen-bond acceptors (Lipinski definition) is 4. The molecule has 0 saturated carbocycles. The van der Waals surface area contributed by atoms with Gasteiger partial charge in [0, 0.05) is 23.3 Å². The Morgan fingerprint density at radius 3 is 2.53 bits per heavy atom. The number of hydrogen-bond donors (Lipinski definition) is 2. The molecule has 0 aliphatic heterocycles. The molecule has 0 amide bonds. The highest BCUT2D eigenvalue weighted by molar-refractivity contribution is 5.94. The third-order valence-electron chi connectivity index (χ3n) is 4.74. The maximum Gasteiger partial charge on any atom is 0.420 e. The smallest absolute Gasteiger partial charge is 0.420 e. The van der Waals surface area contributed by atoms with Crippen molar-refractivity contribution in [3.8, 4) is 22.6 Å². The van der Waals surface area contributed by atoms with Crippen LogP contribution in [0.1, 0.15) is 11.8 Å². The van der Waals surface area contributed by atoms with Gasteiger partial charge in [-0.05, 0) is 35.4 Å². The van der Waals surface area contributed by atoms with Crippen LogP contribution in [-0.4, -0.2) is 25.9 Å². The van der Waals surface area contributed by atoms with Crippen molar-refractivity contribution in [2.45, 2.75) is 12.3 Å². The van der Waals surface area contributed by atoms with Crippen molar-refractivity contribution in [3.63, 3.8) is 0 Å². The molecule has 4 aromatic rings. The van der Waals surface area contributed by atoms with Gasteiger partial charge >= 0.3 is 6.18 Å². The van der Waals surface area contributed by atoms with E-state index in [0.29, 0.717) is 11.6 Å². The van der Waals surface area contributed by atoms with Crippen molar-refractivity contribution in [2.24, 2.45) is 0 Å². The van der Waals surface area contributed by atoms with E-state index in [1.54, 1.807) is 30.5 Å². The largest absolute Gasteiger partial charge is 0.503 e. The van der Waals surface area contributed by atoms with Gasteiger partial charge in [-0.1, -0.05) is 30.3 Å². The van der Waals surface area contributed by atoms with Crippen LogP contribution in [0.25, 0.3) is 27.7 Å². The lowest BCUT2D eigenvalue weighted by Crippen LogP contribution is -2.25. The highest BCUT2D eigenvalue weighted by Crippen LogP contribution is 2.34. The lowest BCUT2D eigenvalue weighted by Gasteiger charge is -2.21. The van der Waals surface area contributed by atoms with Gasteiger partial charge in [-0.2, -0.15) is 13.2 Å². The summed E-state index contributed by atoms with van der Waals surface area (Å²) in [7, 11) is 0. The van der Waals surface area contributed by atoms with E-state index in [1.165, 1.54) is 6.07 Å². The summed E-state index contributed by atoms with van der Waals surface area (Å²) < 4.78 is 40.4. The van der Waals surface area contributed by atoms with Crippen molar-refractivity contribution in [1.82, 2.24) is 9.55 Å². The number of aliphatic hydroxyl groups excluding tert-OH is 1. The summed E-state index contributed by atoms with van der Waals surface area (Å²) in [5.41, 5.74) is 0.793. The highest BCUT2D eigenvalue weighted by atomic mass is 19.4. The van der Waals surface area contributed by atoms with Crippen molar-refractivity contribution in [1.29, 1.82) is 0 Å². The van der Waals surface area contributed by atoms with Crippen LogP contribution in [0.5, 0.6) is 5.75 Å². The summed E-state index contributed by atoms with van der Waals surface area (Å²) >= 11 is 0. The van der Waals surface area contributed by atoms with E-state index in [0.717, 1.165) is 27.2 Å². The number of pyridine rings is 2. The van der Waals surface area contributed by atoms with Crippen molar-refractivity contribution >= 4 is 10.9 Å². The van der Waals surface area contributed by atoms with Crippen LogP contribution >= 0.6 is 0 Å². The lowest BCUT2D eigenvalue weighted by atomic mass is 10.0. The molecular weight excluding hydrogens is 397 g/mol. The average Bonchev–Trinajstić information content (AvgIpc) is 2.74. The molecular formula is C22H15F3N2O3. The zero-order valence-electron chi connectivity index (χ0n) is 15.3. The van der Waals surface area contributed by atoms with E-state index in [1.807, 2.05) is 24.3 Å². The minimum absolute atomic E-state index is 0.238. The second-order valence-corrected chi connectivity index (χ2v) is 6.69. The highest BCUT2D eigenvalue weighted by Gasteiger charge is 2.41.